The second-order valence-electron chi connectivity index (χ2n) is 7.57. The van der Waals surface area contributed by atoms with Gasteiger partial charge in [0, 0.05) is 0 Å². The fourth-order valence-electron chi connectivity index (χ4n) is 3.66. The number of esters is 1. The summed E-state index contributed by atoms with van der Waals surface area (Å²) in [5, 5.41) is 41.1. The van der Waals surface area contributed by atoms with Crippen molar-refractivity contribution in [1.29, 1.82) is 0 Å². The van der Waals surface area contributed by atoms with E-state index in [1.807, 2.05) is 0 Å². The van der Waals surface area contributed by atoms with E-state index in [0.717, 1.165) is 0 Å². The zero-order valence-corrected chi connectivity index (χ0v) is 18.5. The molecule has 2 aromatic carbocycles. The third-order valence-corrected chi connectivity index (χ3v) is 5.44. The van der Waals surface area contributed by atoms with Gasteiger partial charge in [-0.3, -0.25) is 4.98 Å². The average Bonchev–Trinajstić information content (AvgIpc) is 3.24. The average molecular weight is 493 g/mol. The van der Waals surface area contributed by atoms with Crippen LogP contribution in [0, 0.1) is 0 Å². The summed E-state index contributed by atoms with van der Waals surface area (Å²) in [7, 11) is 2.55. The Morgan fingerprint density at radius 2 is 1.77 bits per heavy atom. The first-order valence-corrected chi connectivity index (χ1v) is 10.3. The Hall–Kier alpha value is -3.78. The highest BCUT2D eigenvalue weighted by Gasteiger charge is 2.48. The third-order valence-electron chi connectivity index (χ3n) is 5.44. The van der Waals surface area contributed by atoms with Gasteiger partial charge in [0.05, 0.1) is 26.4 Å². The summed E-state index contributed by atoms with van der Waals surface area (Å²) in [6, 6.07) is 6.89. The van der Waals surface area contributed by atoms with Crippen LogP contribution in [0.5, 0.6) is 23.0 Å². The summed E-state index contributed by atoms with van der Waals surface area (Å²) in [6.07, 6.45) is -7.73. The minimum atomic E-state index is -1.72. The van der Waals surface area contributed by atoms with Crippen LogP contribution in [0.25, 0.3) is 11.1 Å². The van der Waals surface area contributed by atoms with Gasteiger partial charge in [0.1, 0.15) is 17.7 Å². The van der Waals surface area contributed by atoms with E-state index < -0.39 is 49.0 Å². The molecule has 2 heterocycles. The normalized spacial score (nSPS) is 24.2. The summed E-state index contributed by atoms with van der Waals surface area (Å²) in [6.45, 7) is -0.685. The number of aromatic hydroxyl groups is 1. The number of phenolic OH excluding ortho intramolecular Hbond substituents is 1. The van der Waals surface area contributed by atoms with Crippen LogP contribution >= 0.6 is 0 Å². The number of aliphatic hydroxyl groups is 3. The molecule has 5 atom stereocenters. The van der Waals surface area contributed by atoms with Crippen molar-refractivity contribution in [3.05, 3.63) is 46.4 Å². The number of H-pyrrole nitrogens is 1. The van der Waals surface area contributed by atoms with Gasteiger partial charge in [0.25, 0.3) is 0 Å². The molecule has 1 fully saturated rings. The molecule has 4 rings (SSSR count). The molecule has 1 aliphatic rings. The first-order valence-electron chi connectivity index (χ1n) is 10.3. The highest BCUT2D eigenvalue weighted by atomic mass is 16.7. The van der Waals surface area contributed by atoms with Crippen LogP contribution in [0.1, 0.15) is 10.4 Å². The predicted octanol–water partition coefficient (Wildman–Crippen LogP) is -0.113. The molecule has 0 saturated carbocycles. The molecule has 13 heteroatoms. The Morgan fingerprint density at radius 3 is 2.40 bits per heavy atom. The highest BCUT2D eigenvalue weighted by Crippen LogP contribution is 2.38. The summed E-state index contributed by atoms with van der Waals surface area (Å²) in [4.78, 5) is 26.8. The van der Waals surface area contributed by atoms with E-state index in [2.05, 4.69) is 4.98 Å². The molecule has 5 N–H and O–H groups in total. The summed E-state index contributed by atoms with van der Waals surface area (Å²) < 4.78 is 31.5. The number of hydrogen-bond acceptors (Lipinski definition) is 12. The van der Waals surface area contributed by atoms with Crippen molar-refractivity contribution in [3.63, 3.8) is 0 Å². The van der Waals surface area contributed by atoms with Crippen LogP contribution in [0.3, 0.4) is 0 Å². The van der Waals surface area contributed by atoms with Crippen LogP contribution < -0.4 is 20.0 Å². The van der Waals surface area contributed by atoms with Crippen LogP contribution in [-0.2, 0) is 9.47 Å². The fourth-order valence-corrected chi connectivity index (χ4v) is 3.66. The first kappa shape index (κ1) is 24.3. The predicted molar refractivity (Wildman–Crippen MR) is 116 cm³/mol. The lowest BCUT2D eigenvalue weighted by Gasteiger charge is -2.41. The second-order valence-corrected chi connectivity index (χ2v) is 7.57. The number of benzene rings is 2. The van der Waals surface area contributed by atoms with Gasteiger partial charge in [-0.15, -0.1) is 0 Å². The molecule has 1 saturated heterocycles. The zero-order valence-electron chi connectivity index (χ0n) is 18.5. The number of aromatic amines is 1. The standard InChI is InChI=1S/C22H23NO12/c1-30-12-6-9(7-13(31-2)16(12)25)20(28)35-19-17(26)14(8-24)33-21(18(19)27)32-10-4-3-5-11-15(10)23-22(29)34-11/h3-7,14,17-19,21,24-27H,8H2,1-2H3,(H,23,29)/t14-,17-,18-,19+,21-/m1/s1. The number of carbonyl (C=O) groups is 1. The number of aliphatic hydroxyl groups excluding tert-OH is 3. The molecule has 1 aliphatic heterocycles. The van der Waals surface area contributed by atoms with Gasteiger partial charge >= 0.3 is 11.7 Å². The van der Waals surface area contributed by atoms with Crippen molar-refractivity contribution in [2.24, 2.45) is 0 Å². The molecule has 35 heavy (non-hydrogen) atoms. The molecule has 1 aromatic heterocycles. The molecule has 0 unspecified atom stereocenters. The van der Waals surface area contributed by atoms with Crippen molar-refractivity contribution in [3.8, 4) is 23.0 Å². The van der Waals surface area contributed by atoms with E-state index in [9.17, 15) is 30.0 Å². The smallest absolute Gasteiger partial charge is 0.417 e. The molecular formula is C22H23NO12. The number of hydrogen-bond donors (Lipinski definition) is 5. The van der Waals surface area contributed by atoms with Crippen LogP contribution in [0.4, 0.5) is 0 Å². The number of methoxy groups -OCH3 is 2. The summed E-state index contributed by atoms with van der Waals surface area (Å²) in [5.74, 6) is -2.12. The topological polar surface area (TPSA) is 190 Å². The monoisotopic (exact) mass is 493 g/mol. The maximum atomic E-state index is 12.9. The maximum Gasteiger partial charge on any atom is 0.417 e. The van der Waals surface area contributed by atoms with Gasteiger partial charge in [-0.1, -0.05) is 6.07 Å². The van der Waals surface area contributed by atoms with Gasteiger partial charge in [0.2, 0.25) is 12.0 Å². The van der Waals surface area contributed by atoms with Gasteiger partial charge in [-0.2, -0.15) is 0 Å². The zero-order chi connectivity index (χ0) is 25.3. The van der Waals surface area contributed by atoms with E-state index >= 15 is 0 Å². The van der Waals surface area contributed by atoms with E-state index in [4.69, 9.17) is 28.1 Å². The first-order chi connectivity index (χ1) is 16.8. The van der Waals surface area contributed by atoms with Gasteiger partial charge in [-0.05, 0) is 24.3 Å². The lowest BCUT2D eigenvalue weighted by Crippen LogP contribution is -2.61. The number of carbonyl (C=O) groups excluding carboxylic acids is 1. The number of fused-ring (bicyclic) bond motifs is 1. The lowest BCUT2D eigenvalue weighted by atomic mass is 9.98. The SMILES string of the molecule is COc1cc(C(=O)O[C@@H]2[C@@H](O)[C@H](Oc3cccc4oc(=O)[nH]c34)O[C@H](CO)[C@H]2O)cc(OC)c1O. The molecule has 13 nitrogen and oxygen atoms in total. The molecular weight excluding hydrogens is 470 g/mol. The number of oxazole rings is 1. The number of phenols is 1. The Morgan fingerprint density at radius 1 is 1.09 bits per heavy atom. The molecule has 188 valence electrons. The minimum Gasteiger partial charge on any atom is -0.502 e. The number of aromatic nitrogens is 1. The molecule has 0 spiro atoms. The number of rotatable bonds is 7. The summed E-state index contributed by atoms with van der Waals surface area (Å²) >= 11 is 0. The van der Waals surface area contributed by atoms with Crippen molar-refractivity contribution in [2.45, 2.75) is 30.7 Å². The van der Waals surface area contributed by atoms with Crippen LogP contribution in [-0.4, -0.2) is 82.9 Å². The summed E-state index contributed by atoms with van der Waals surface area (Å²) in [5.41, 5.74) is 0.271. The van der Waals surface area contributed by atoms with Crippen LogP contribution in [0.15, 0.2) is 39.5 Å². The third kappa shape index (κ3) is 4.61. The second kappa shape index (κ2) is 9.84. The molecule has 3 aromatic rings. The number of para-hydroxylation sites is 1. The van der Waals surface area contributed by atoms with E-state index in [-0.39, 0.29) is 39.7 Å². The molecule has 0 bridgehead atoms. The van der Waals surface area contributed by atoms with Gasteiger partial charge in [-0.25, -0.2) is 9.59 Å². The quantitative estimate of drug-likeness (QED) is 0.275. The fraction of sp³-hybridized carbons (Fsp3) is 0.364. The van der Waals surface area contributed by atoms with Crippen molar-refractivity contribution < 1.29 is 53.3 Å². The largest absolute Gasteiger partial charge is 0.502 e. The van der Waals surface area contributed by atoms with Crippen molar-refractivity contribution in [1.82, 2.24) is 4.98 Å². The van der Waals surface area contributed by atoms with Crippen LogP contribution in [0.2, 0.25) is 0 Å². The minimum absolute atomic E-state index is 0.0685. The Balaban J connectivity index is 1.60. The van der Waals surface area contributed by atoms with Gasteiger partial charge in [0.15, 0.2) is 35.0 Å². The molecule has 0 amide bonds. The van der Waals surface area contributed by atoms with E-state index in [1.54, 1.807) is 0 Å². The Labute approximate surface area is 197 Å². The highest BCUT2D eigenvalue weighted by molar-refractivity contribution is 5.91. The van der Waals surface area contributed by atoms with Crippen molar-refractivity contribution in [2.75, 3.05) is 20.8 Å². The molecule has 0 aliphatic carbocycles. The number of nitrogens with one attached hydrogen (secondary N) is 1. The van der Waals surface area contributed by atoms with E-state index in [0.29, 0.717) is 0 Å². The maximum absolute atomic E-state index is 12.9. The lowest BCUT2D eigenvalue weighted by molar-refractivity contribution is -0.276. The number of ether oxygens (including phenoxy) is 5. The Bertz CT molecular complexity index is 1240. The molecule has 0 radical (unpaired) electrons. The van der Waals surface area contributed by atoms with E-state index in [1.165, 1.54) is 44.6 Å². The van der Waals surface area contributed by atoms with Gasteiger partial charge < -0.3 is 48.5 Å². The van der Waals surface area contributed by atoms with Crippen molar-refractivity contribution >= 4 is 17.1 Å². The Kier molecular flexibility index (Phi) is 6.84.